The summed E-state index contributed by atoms with van der Waals surface area (Å²) in [5.41, 5.74) is 0.412. The Labute approximate surface area is 118 Å². The monoisotopic (exact) mass is 301 g/mol. The van der Waals surface area contributed by atoms with Crippen molar-refractivity contribution in [3.8, 4) is 0 Å². The average molecular weight is 301 g/mol. The summed E-state index contributed by atoms with van der Waals surface area (Å²) in [4.78, 5) is 11.1. The van der Waals surface area contributed by atoms with Crippen molar-refractivity contribution in [2.45, 2.75) is 25.1 Å². The van der Waals surface area contributed by atoms with Crippen molar-refractivity contribution in [1.29, 1.82) is 0 Å². The SMILES string of the molecule is CC(C)[C@H](NCC(c1ccccc1)S(=O)(=O)O)C(=O)O. The lowest BCUT2D eigenvalue weighted by atomic mass is 10.0. The van der Waals surface area contributed by atoms with Crippen molar-refractivity contribution in [2.24, 2.45) is 5.92 Å². The summed E-state index contributed by atoms with van der Waals surface area (Å²) in [6.45, 7) is 3.27. The Kier molecular flexibility index (Phi) is 5.67. The molecule has 0 aromatic heterocycles. The van der Waals surface area contributed by atoms with E-state index in [0.717, 1.165) is 0 Å². The van der Waals surface area contributed by atoms with E-state index >= 15 is 0 Å². The first kappa shape index (κ1) is 16.6. The lowest BCUT2D eigenvalue weighted by Gasteiger charge is -2.21. The minimum atomic E-state index is -4.32. The normalized spacial score (nSPS) is 15.0. The van der Waals surface area contributed by atoms with E-state index in [1.165, 1.54) is 0 Å². The molecule has 0 aliphatic heterocycles. The van der Waals surface area contributed by atoms with Crippen LogP contribution in [0.25, 0.3) is 0 Å². The molecule has 2 atom stereocenters. The van der Waals surface area contributed by atoms with Crippen LogP contribution in [-0.2, 0) is 14.9 Å². The molecule has 0 heterocycles. The predicted octanol–water partition coefficient (Wildman–Crippen LogP) is 1.31. The lowest BCUT2D eigenvalue weighted by Crippen LogP contribution is -2.43. The molecule has 0 fully saturated rings. The average Bonchev–Trinajstić information content (AvgIpc) is 2.33. The van der Waals surface area contributed by atoms with Gasteiger partial charge in [-0.1, -0.05) is 44.2 Å². The third-order valence-corrected chi connectivity index (χ3v) is 4.14. The maximum atomic E-state index is 11.5. The third kappa shape index (κ3) is 4.59. The van der Waals surface area contributed by atoms with Crippen molar-refractivity contribution < 1.29 is 22.9 Å². The molecule has 1 aromatic carbocycles. The van der Waals surface area contributed by atoms with Crippen LogP contribution in [0.4, 0.5) is 0 Å². The van der Waals surface area contributed by atoms with Gasteiger partial charge in [0.25, 0.3) is 10.1 Å². The first-order valence-corrected chi connectivity index (χ1v) is 7.71. The van der Waals surface area contributed by atoms with Crippen molar-refractivity contribution in [3.05, 3.63) is 35.9 Å². The quantitative estimate of drug-likeness (QED) is 0.656. The Morgan fingerprint density at radius 3 is 2.20 bits per heavy atom. The van der Waals surface area contributed by atoms with Crippen molar-refractivity contribution in [2.75, 3.05) is 6.54 Å². The molecular formula is C13H19NO5S. The van der Waals surface area contributed by atoms with Gasteiger partial charge in [-0.2, -0.15) is 8.42 Å². The molecular weight excluding hydrogens is 282 g/mol. The molecule has 112 valence electrons. The first-order chi connectivity index (χ1) is 9.23. The highest BCUT2D eigenvalue weighted by Gasteiger charge is 2.28. The van der Waals surface area contributed by atoms with E-state index in [-0.39, 0.29) is 12.5 Å². The van der Waals surface area contributed by atoms with Crippen LogP contribution in [-0.4, -0.2) is 36.6 Å². The van der Waals surface area contributed by atoms with E-state index in [2.05, 4.69) is 5.32 Å². The van der Waals surface area contributed by atoms with E-state index in [1.54, 1.807) is 44.2 Å². The minimum absolute atomic E-state index is 0.169. The highest BCUT2D eigenvalue weighted by atomic mass is 32.2. The second kappa shape index (κ2) is 6.83. The van der Waals surface area contributed by atoms with Gasteiger partial charge in [0.15, 0.2) is 0 Å². The zero-order valence-corrected chi connectivity index (χ0v) is 12.2. The van der Waals surface area contributed by atoms with Gasteiger partial charge in [0, 0.05) is 6.54 Å². The number of benzene rings is 1. The number of hydrogen-bond donors (Lipinski definition) is 3. The molecule has 0 bridgehead atoms. The fourth-order valence-electron chi connectivity index (χ4n) is 1.90. The van der Waals surface area contributed by atoms with Crippen LogP contribution in [0, 0.1) is 5.92 Å². The molecule has 0 spiro atoms. The smallest absolute Gasteiger partial charge is 0.320 e. The van der Waals surface area contributed by atoms with E-state index in [9.17, 15) is 17.8 Å². The van der Waals surface area contributed by atoms with Crippen LogP contribution in [0.3, 0.4) is 0 Å². The van der Waals surface area contributed by atoms with Gasteiger partial charge >= 0.3 is 5.97 Å². The topological polar surface area (TPSA) is 104 Å². The largest absolute Gasteiger partial charge is 0.480 e. The van der Waals surface area contributed by atoms with Gasteiger partial charge < -0.3 is 10.4 Å². The number of rotatable bonds is 7. The van der Waals surface area contributed by atoms with Gasteiger partial charge in [-0.25, -0.2) is 0 Å². The molecule has 0 amide bonds. The summed E-state index contributed by atoms with van der Waals surface area (Å²) in [6, 6.07) is 7.32. The highest BCUT2D eigenvalue weighted by Crippen LogP contribution is 2.20. The van der Waals surface area contributed by atoms with Crippen LogP contribution in [0.5, 0.6) is 0 Å². The van der Waals surface area contributed by atoms with Gasteiger partial charge in [0.2, 0.25) is 0 Å². The second-order valence-electron chi connectivity index (χ2n) is 4.88. The fraction of sp³-hybridized carbons (Fsp3) is 0.462. The van der Waals surface area contributed by atoms with Gasteiger partial charge in [0.05, 0.1) is 0 Å². The van der Waals surface area contributed by atoms with Crippen molar-refractivity contribution >= 4 is 16.1 Å². The van der Waals surface area contributed by atoms with Crippen molar-refractivity contribution in [1.82, 2.24) is 5.32 Å². The van der Waals surface area contributed by atoms with E-state index in [1.807, 2.05) is 0 Å². The maximum Gasteiger partial charge on any atom is 0.320 e. The molecule has 20 heavy (non-hydrogen) atoms. The summed E-state index contributed by atoms with van der Waals surface area (Å²) < 4.78 is 32.2. The molecule has 1 unspecified atom stereocenters. The Morgan fingerprint density at radius 1 is 1.25 bits per heavy atom. The van der Waals surface area contributed by atoms with E-state index < -0.39 is 27.4 Å². The number of carboxylic acids is 1. The minimum Gasteiger partial charge on any atom is -0.480 e. The summed E-state index contributed by atoms with van der Waals surface area (Å²) in [5.74, 6) is -1.26. The molecule has 0 aliphatic carbocycles. The summed E-state index contributed by atoms with van der Waals surface area (Å²) in [5, 5.41) is 10.6. The van der Waals surface area contributed by atoms with Crippen LogP contribution >= 0.6 is 0 Å². The molecule has 1 rings (SSSR count). The Bertz CT molecular complexity index is 541. The summed E-state index contributed by atoms with van der Waals surface area (Å²) >= 11 is 0. The standard InChI is InChI=1S/C13H19NO5S/c1-9(2)12(13(15)16)14-8-11(20(17,18)19)10-6-4-3-5-7-10/h3-7,9,11-12,14H,8H2,1-2H3,(H,15,16)(H,17,18,19)/t11?,12-/m0/s1. The molecule has 0 radical (unpaired) electrons. The number of carboxylic acid groups (broad SMARTS) is 1. The number of nitrogens with one attached hydrogen (secondary N) is 1. The molecule has 1 aromatic rings. The van der Waals surface area contributed by atoms with E-state index in [0.29, 0.717) is 5.56 Å². The molecule has 7 heteroatoms. The highest BCUT2D eigenvalue weighted by molar-refractivity contribution is 7.86. The Balaban J connectivity index is 2.91. The third-order valence-electron chi connectivity index (χ3n) is 2.99. The molecule has 6 nitrogen and oxygen atoms in total. The van der Waals surface area contributed by atoms with Gasteiger partial charge in [-0.15, -0.1) is 0 Å². The molecule has 0 saturated carbocycles. The summed E-state index contributed by atoms with van der Waals surface area (Å²) in [7, 11) is -4.32. The molecule has 0 aliphatic rings. The fourth-order valence-corrected chi connectivity index (χ4v) is 2.71. The number of aliphatic carboxylic acids is 1. The Hall–Kier alpha value is -1.44. The van der Waals surface area contributed by atoms with E-state index in [4.69, 9.17) is 5.11 Å². The Morgan fingerprint density at radius 2 is 1.80 bits per heavy atom. The number of hydrogen-bond acceptors (Lipinski definition) is 4. The molecule has 0 saturated heterocycles. The second-order valence-corrected chi connectivity index (χ2v) is 6.48. The first-order valence-electron chi connectivity index (χ1n) is 6.21. The van der Waals surface area contributed by atoms with Crippen LogP contribution in [0.15, 0.2) is 30.3 Å². The summed E-state index contributed by atoms with van der Waals surface area (Å²) in [6.07, 6.45) is 0. The lowest BCUT2D eigenvalue weighted by molar-refractivity contribution is -0.140. The number of carbonyl (C=O) groups is 1. The predicted molar refractivity (Wildman–Crippen MR) is 75.0 cm³/mol. The molecule has 3 N–H and O–H groups in total. The maximum absolute atomic E-state index is 11.5. The van der Waals surface area contributed by atoms with Gasteiger partial charge in [0.1, 0.15) is 11.3 Å². The van der Waals surface area contributed by atoms with Gasteiger partial charge in [-0.3, -0.25) is 9.35 Å². The van der Waals surface area contributed by atoms with Crippen LogP contribution in [0.2, 0.25) is 0 Å². The zero-order chi connectivity index (χ0) is 15.3. The van der Waals surface area contributed by atoms with Crippen LogP contribution < -0.4 is 5.32 Å². The van der Waals surface area contributed by atoms with Crippen LogP contribution in [0.1, 0.15) is 24.7 Å². The van der Waals surface area contributed by atoms with Crippen molar-refractivity contribution in [3.63, 3.8) is 0 Å². The van der Waals surface area contributed by atoms with Gasteiger partial charge in [-0.05, 0) is 11.5 Å². The zero-order valence-electron chi connectivity index (χ0n) is 11.4.